The summed E-state index contributed by atoms with van der Waals surface area (Å²) >= 11 is 5.53. The number of aromatic nitrogens is 1. The van der Waals surface area contributed by atoms with Gasteiger partial charge in [-0.1, -0.05) is 12.1 Å². The summed E-state index contributed by atoms with van der Waals surface area (Å²) in [5.74, 6) is -0.359. The highest BCUT2D eigenvalue weighted by Gasteiger charge is 2.21. The predicted molar refractivity (Wildman–Crippen MR) is 115 cm³/mol. The minimum absolute atomic E-state index is 0.359. The van der Waals surface area contributed by atoms with E-state index in [9.17, 15) is 4.39 Å². The molecular weight excluding hydrogens is 375 g/mol. The summed E-state index contributed by atoms with van der Waals surface area (Å²) in [5.41, 5.74) is 7.66. The number of piperazine rings is 1. The van der Waals surface area contributed by atoms with E-state index in [1.54, 1.807) is 0 Å². The second-order valence-corrected chi connectivity index (χ2v) is 7.40. The topological polar surface area (TPSA) is 55.8 Å². The van der Waals surface area contributed by atoms with E-state index >= 15 is 0 Å². The summed E-state index contributed by atoms with van der Waals surface area (Å²) in [4.78, 5) is 8.67. The van der Waals surface area contributed by atoms with Gasteiger partial charge in [0.25, 0.3) is 0 Å². The first-order valence-corrected chi connectivity index (χ1v) is 9.84. The average Bonchev–Trinajstić information content (AvgIpc) is 2.72. The summed E-state index contributed by atoms with van der Waals surface area (Å²) in [6.45, 7) is 6.31. The summed E-state index contributed by atoms with van der Waals surface area (Å²) in [6.07, 6.45) is 1.92. The second kappa shape index (κ2) is 8.10. The standard InChI is InChI=1S/C20H23FN6S/c1-14-3-2-4-16(11-14)26-7-9-27(10-8-26)20(28)25-24-17-5-6-22-18-12-15(21)13-23-19(17)18/h2-4,11-13,22H,5-10H2,1H3,(H,25,28)/b24-17-. The number of benzene rings is 1. The van der Waals surface area contributed by atoms with Crippen LogP contribution < -0.4 is 15.6 Å². The van der Waals surface area contributed by atoms with Crippen LogP contribution in [0.2, 0.25) is 0 Å². The van der Waals surface area contributed by atoms with Gasteiger partial charge in [-0.3, -0.25) is 5.43 Å². The molecule has 0 aliphatic carbocycles. The van der Waals surface area contributed by atoms with Gasteiger partial charge in [-0.2, -0.15) is 5.10 Å². The highest BCUT2D eigenvalue weighted by molar-refractivity contribution is 7.80. The molecule has 1 aromatic carbocycles. The van der Waals surface area contributed by atoms with Gasteiger partial charge in [0.05, 0.1) is 17.6 Å². The summed E-state index contributed by atoms with van der Waals surface area (Å²) < 4.78 is 13.4. The normalized spacial score (nSPS) is 17.9. The molecule has 146 valence electrons. The number of hydrazone groups is 1. The van der Waals surface area contributed by atoms with Gasteiger partial charge in [0.1, 0.15) is 11.5 Å². The Hall–Kier alpha value is -2.74. The number of hydrogen-bond donors (Lipinski definition) is 2. The van der Waals surface area contributed by atoms with Crippen LogP contribution in [-0.2, 0) is 0 Å². The van der Waals surface area contributed by atoms with Crippen LogP contribution >= 0.6 is 12.2 Å². The molecular formula is C20H23FN6S. The molecule has 4 rings (SSSR count). The third kappa shape index (κ3) is 4.06. The van der Waals surface area contributed by atoms with Crippen LogP contribution in [0, 0.1) is 12.7 Å². The minimum atomic E-state index is -0.359. The lowest BCUT2D eigenvalue weighted by Crippen LogP contribution is -2.51. The Balaban J connectivity index is 1.36. The number of hydrogen-bond acceptors (Lipinski definition) is 5. The van der Waals surface area contributed by atoms with Crippen LogP contribution in [0.3, 0.4) is 0 Å². The molecule has 0 bridgehead atoms. The zero-order chi connectivity index (χ0) is 19.5. The van der Waals surface area contributed by atoms with Crippen LogP contribution in [0.25, 0.3) is 0 Å². The van der Waals surface area contributed by atoms with Crippen LogP contribution in [0.5, 0.6) is 0 Å². The molecule has 2 aliphatic rings. The van der Waals surface area contributed by atoms with Crippen molar-refractivity contribution in [2.24, 2.45) is 5.10 Å². The van der Waals surface area contributed by atoms with Gasteiger partial charge < -0.3 is 15.1 Å². The van der Waals surface area contributed by atoms with E-state index in [1.807, 2.05) is 0 Å². The first-order chi connectivity index (χ1) is 13.6. The Morgan fingerprint density at radius 3 is 2.86 bits per heavy atom. The molecule has 2 aromatic rings. The van der Waals surface area contributed by atoms with Crippen LogP contribution in [0.15, 0.2) is 41.6 Å². The Bertz CT molecular complexity index is 907. The molecule has 1 saturated heterocycles. The Morgan fingerprint density at radius 1 is 1.25 bits per heavy atom. The van der Waals surface area contributed by atoms with Crippen LogP contribution in [-0.4, -0.2) is 53.4 Å². The SMILES string of the molecule is Cc1cccc(N2CCN(C(=S)N/N=C3/CCNc4cc(F)cnc43)CC2)c1. The third-order valence-corrected chi connectivity index (χ3v) is 5.37. The fourth-order valence-corrected chi connectivity index (χ4v) is 3.75. The molecule has 8 heteroatoms. The largest absolute Gasteiger partial charge is 0.383 e. The molecule has 2 N–H and O–H groups in total. The van der Waals surface area contributed by atoms with Crippen molar-refractivity contribution in [1.82, 2.24) is 15.3 Å². The number of nitrogens with one attached hydrogen (secondary N) is 2. The first-order valence-electron chi connectivity index (χ1n) is 9.43. The van der Waals surface area contributed by atoms with Gasteiger partial charge in [-0.05, 0) is 36.8 Å². The van der Waals surface area contributed by atoms with Crippen molar-refractivity contribution in [1.29, 1.82) is 0 Å². The molecule has 2 aliphatic heterocycles. The third-order valence-electron chi connectivity index (χ3n) is 5.03. The maximum atomic E-state index is 13.4. The lowest BCUT2D eigenvalue weighted by atomic mass is 10.1. The highest BCUT2D eigenvalue weighted by atomic mass is 32.1. The van der Waals surface area contributed by atoms with E-state index in [0.717, 1.165) is 31.9 Å². The van der Waals surface area contributed by atoms with Gasteiger partial charge in [0, 0.05) is 50.9 Å². The number of pyridine rings is 1. The van der Waals surface area contributed by atoms with Gasteiger partial charge in [0.2, 0.25) is 0 Å². The number of anilines is 2. The molecule has 0 amide bonds. The molecule has 1 aromatic heterocycles. The lowest BCUT2D eigenvalue weighted by molar-refractivity contribution is 0.381. The van der Waals surface area contributed by atoms with Crippen LogP contribution in [0.4, 0.5) is 15.8 Å². The fraction of sp³-hybridized carbons (Fsp3) is 0.350. The van der Waals surface area contributed by atoms with Crippen molar-refractivity contribution in [3.63, 3.8) is 0 Å². The summed E-state index contributed by atoms with van der Waals surface area (Å²) in [7, 11) is 0. The van der Waals surface area contributed by atoms with Crippen molar-refractivity contribution >= 4 is 34.4 Å². The maximum Gasteiger partial charge on any atom is 0.189 e. The molecule has 0 radical (unpaired) electrons. The predicted octanol–water partition coefficient (Wildman–Crippen LogP) is 2.75. The number of aryl methyl sites for hydroxylation is 1. The highest BCUT2D eigenvalue weighted by Crippen LogP contribution is 2.21. The molecule has 6 nitrogen and oxygen atoms in total. The number of thiocarbonyl (C=S) groups is 1. The van der Waals surface area contributed by atoms with E-state index < -0.39 is 0 Å². The smallest absolute Gasteiger partial charge is 0.189 e. The number of halogens is 1. The Morgan fingerprint density at radius 2 is 2.07 bits per heavy atom. The van der Waals surface area contributed by atoms with Gasteiger partial charge >= 0.3 is 0 Å². The zero-order valence-electron chi connectivity index (χ0n) is 15.8. The summed E-state index contributed by atoms with van der Waals surface area (Å²) in [6, 6.07) is 10.0. The molecule has 28 heavy (non-hydrogen) atoms. The van der Waals surface area contributed by atoms with E-state index in [-0.39, 0.29) is 5.82 Å². The van der Waals surface area contributed by atoms with E-state index in [4.69, 9.17) is 12.2 Å². The van der Waals surface area contributed by atoms with E-state index in [2.05, 4.69) is 61.8 Å². The van der Waals surface area contributed by atoms with Crippen molar-refractivity contribution < 1.29 is 4.39 Å². The van der Waals surface area contributed by atoms with Crippen molar-refractivity contribution in [3.8, 4) is 0 Å². The quantitative estimate of drug-likeness (QED) is 0.599. The van der Waals surface area contributed by atoms with Crippen molar-refractivity contribution in [2.75, 3.05) is 42.9 Å². The minimum Gasteiger partial charge on any atom is -0.383 e. The number of nitrogens with zero attached hydrogens (tertiary/aromatic N) is 4. The summed E-state index contributed by atoms with van der Waals surface area (Å²) in [5, 5.41) is 8.22. The van der Waals surface area contributed by atoms with Crippen molar-refractivity contribution in [3.05, 3.63) is 53.6 Å². The van der Waals surface area contributed by atoms with Crippen LogP contribution in [0.1, 0.15) is 17.7 Å². The molecule has 0 unspecified atom stereocenters. The lowest BCUT2D eigenvalue weighted by Gasteiger charge is -2.37. The maximum absolute atomic E-state index is 13.4. The fourth-order valence-electron chi connectivity index (χ4n) is 3.53. The van der Waals surface area contributed by atoms with Gasteiger partial charge in [-0.25, -0.2) is 9.37 Å². The van der Waals surface area contributed by atoms with Gasteiger partial charge in [-0.15, -0.1) is 0 Å². The number of fused-ring (bicyclic) bond motifs is 1. The van der Waals surface area contributed by atoms with E-state index in [1.165, 1.54) is 23.5 Å². The molecule has 0 spiro atoms. The second-order valence-electron chi connectivity index (χ2n) is 7.02. The molecule has 0 atom stereocenters. The molecule has 0 saturated carbocycles. The van der Waals surface area contributed by atoms with Gasteiger partial charge in [0.15, 0.2) is 5.11 Å². The first kappa shape index (κ1) is 18.6. The Labute approximate surface area is 169 Å². The van der Waals surface area contributed by atoms with Crippen molar-refractivity contribution in [2.45, 2.75) is 13.3 Å². The molecule has 3 heterocycles. The zero-order valence-corrected chi connectivity index (χ0v) is 16.6. The monoisotopic (exact) mass is 398 g/mol. The van der Waals surface area contributed by atoms with E-state index in [0.29, 0.717) is 29.5 Å². The number of rotatable bonds is 2. The average molecular weight is 399 g/mol. The molecule has 1 fully saturated rings. The Kier molecular flexibility index (Phi) is 5.38.